The van der Waals surface area contributed by atoms with Gasteiger partial charge in [0.15, 0.2) is 16.7 Å². The van der Waals surface area contributed by atoms with Gasteiger partial charge in [-0.3, -0.25) is 14.7 Å². The molecule has 1 aromatic heterocycles. The van der Waals surface area contributed by atoms with Crippen LogP contribution < -0.4 is 14.2 Å². The number of hydrogen-bond donors (Lipinski definition) is 0. The summed E-state index contributed by atoms with van der Waals surface area (Å²) in [5.41, 5.74) is 2.43. The Morgan fingerprint density at radius 2 is 1.97 bits per heavy atom. The van der Waals surface area contributed by atoms with E-state index in [2.05, 4.69) is 4.98 Å². The summed E-state index contributed by atoms with van der Waals surface area (Å²) in [6.45, 7) is 0.542. The standard InChI is InChI=1S/C24H19N3O4S/c1-29-19-12-21-20(30-15-31-21)10-17(19)11-22-23(28)27(14-16-6-5-9-25-13-16)24(32-22)26-18-7-3-2-4-8-18/h2-13H,14-15H2,1H3/b22-11-,26-24?. The molecule has 2 aliphatic heterocycles. The zero-order valence-electron chi connectivity index (χ0n) is 17.2. The number of thioether (sulfide) groups is 1. The van der Waals surface area contributed by atoms with Crippen molar-refractivity contribution in [3.05, 3.63) is 83.0 Å². The number of fused-ring (bicyclic) bond motifs is 1. The number of pyridine rings is 1. The van der Waals surface area contributed by atoms with Gasteiger partial charge >= 0.3 is 0 Å². The number of hydrogen-bond acceptors (Lipinski definition) is 7. The van der Waals surface area contributed by atoms with E-state index in [1.54, 1.807) is 36.5 Å². The number of benzene rings is 2. The molecule has 1 amide bonds. The van der Waals surface area contributed by atoms with Crippen molar-refractivity contribution in [3.63, 3.8) is 0 Å². The molecule has 2 aromatic carbocycles. The lowest BCUT2D eigenvalue weighted by atomic mass is 10.1. The van der Waals surface area contributed by atoms with Gasteiger partial charge in [-0.15, -0.1) is 0 Å². The number of nitrogens with zero attached hydrogens (tertiary/aromatic N) is 3. The summed E-state index contributed by atoms with van der Waals surface area (Å²) < 4.78 is 16.4. The number of aliphatic imine (C=N–C) groups is 1. The van der Waals surface area contributed by atoms with Crippen molar-refractivity contribution in [1.82, 2.24) is 9.88 Å². The second kappa shape index (κ2) is 8.76. The molecule has 0 unspecified atom stereocenters. The first kappa shape index (κ1) is 20.1. The van der Waals surface area contributed by atoms with Crippen molar-refractivity contribution >= 4 is 34.6 Å². The molecule has 0 atom stereocenters. The van der Waals surface area contributed by atoms with Crippen LogP contribution >= 0.6 is 11.8 Å². The Kier molecular flexibility index (Phi) is 5.51. The van der Waals surface area contributed by atoms with Gasteiger partial charge in [-0.25, -0.2) is 4.99 Å². The molecule has 0 aliphatic carbocycles. The van der Waals surface area contributed by atoms with Crippen LogP contribution in [-0.2, 0) is 11.3 Å². The molecular formula is C24H19N3O4S. The summed E-state index contributed by atoms with van der Waals surface area (Å²) in [5.74, 6) is 1.72. The van der Waals surface area contributed by atoms with Crippen molar-refractivity contribution < 1.29 is 19.0 Å². The largest absolute Gasteiger partial charge is 0.496 e. The molecule has 0 N–H and O–H groups in total. The number of amides is 1. The van der Waals surface area contributed by atoms with Crippen LogP contribution in [0, 0.1) is 0 Å². The topological polar surface area (TPSA) is 73.2 Å². The smallest absolute Gasteiger partial charge is 0.267 e. The van der Waals surface area contributed by atoms with Crippen molar-refractivity contribution in [2.45, 2.75) is 6.54 Å². The van der Waals surface area contributed by atoms with Crippen LogP contribution in [0.3, 0.4) is 0 Å². The van der Waals surface area contributed by atoms with E-state index in [0.29, 0.717) is 33.9 Å². The fourth-order valence-electron chi connectivity index (χ4n) is 3.39. The van der Waals surface area contributed by atoms with Gasteiger partial charge in [-0.1, -0.05) is 24.3 Å². The van der Waals surface area contributed by atoms with E-state index in [9.17, 15) is 4.79 Å². The van der Waals surface area contributed by atoms with Crippen LogP contribution in [0.2, 0.25) is 0 Å². The zero-order valence-corrected chi connectivity index (χ0v) is 18.0. The lowest BCUT2D eigenvalue weighted by molar-refractivity contribution is -0.122. The Hall–Kier alpha value is -3.78. The summed E-state index contributed by atoms with van der Waals surface area (Å²) in [5, 5.41) is 0.607. The minimum Gasteiger partial charge on any atom is -0.496 e. The first-order chi connectivity index (χ1) is 15.7. The second-order valence-electron chi connectivity index (χ2n) is 7.04. The van der Waals surface area contributed by atoms with Crippen molar-refractivity contribution in [2.75, 3.05) is 13.9 Å². The molecule has 1 saturated heterocycles. The molecular weight excluding hydrogens is 426 g/mol. The Morgan fingerprint density at radius 3 is 2.72 bits per heavy atom. The van der Waals surface area contributed by atoms with Gasteiger partial charge in [0.25, 0.3) is 5.91 Å². The molecule has 7 nitrogen and oxygen atoms in total. The number of carbonyl (C=O) groups is 1. The highest BCUT2D eigenvalue weighted by atomic mass is 32.2. The highest BCUT2D eigenvalue weighted by molar-refractivity contribution is 8.18. The SMILES string of the molecule is COc1cc2c(cc1/C=C1\SC(=Nc3ccccc3)N(Cc3cccnc3)C1=O)OCO2. The molecule has 32 heavy (non-hydrogen) atoms. The predicted molar refractivity (Wildman–Crippen MR) is 123 cm³/mol. The van der Waals surface area contributed by atoms with E-state index in [-0.39, 0.29) is 12.7 Å². The Morgan fingerprint density at radius 1 is 1.16 bits per heavy atom. The van der Waals surface area contributed by atoms with Gasteiger partial charge in [0.2, 0.25) is 6.79 Å². The van der Waals surface area contributed by atoms with E-state index in [1.165, 1.54) is 11.8 Å². The number of para-hydroxylation sites is 1. The number of methoxy groups -OCH3 is 1. The van der Waals surface area contributed by atoms with Crippen LogP contribution in [0.4, 0.5) is 5.69 Å². The Labute approximate surface area is 189 Å². The predicted octanol–water partition coefficient (Wildman–Crippen LogP) is 4.62. The van der Waals surface area contributed by atoms with Crippen LogP contribution in [0.15, 0.2) is 76.9 Å². The second-order valence-corrected chi connectivity index (χ2v) is 8.05. The first-order valence-corrected chi connectivity index (χ1v) is 10.7. The Balaban J connectivity index is 1.53. The van der Waals surface area contributed by atoms with Crippen LogP contribution in [-0.4, -0.2) is 34.9 Å². The highest BCUT2D eigenvalue weighted by Crippen LogP contribution is 2.41. The molecule has 2 aliphatic rings. The van der Waals surface area contributed by atoms with Gasteiger partial charge in [-0.2, -0.15) is 0 Å². The van der Waals surface area contributed by atoms with Crippen LogP contribution in [0.5, 0.6) is 17.2 Å². The molecule has 0 radical (unpaired) electrons. The number of aromatic nitrogens is 1. The summed E-state index contributed by atoms with van der Waals surface area (Å²) in [6.07, 6.45) is 5.26. The molecule has 0 bridgehead atoms. The Bertz CT molecular complexity index is 1210. The van der Waals surface area contributed by atoms with Crippen LogP contribution in [0.25, 0.3) is 6.08 Å². The van der Waals surface area contributed by atoms with Crippen molar-refractivity contribution in [1.29, 1.82) is 0 Å². The third-order valence-corrected chi connectivity index (χ3v) is 5.95. The van der Waals surface area contributed by atoms with E-state index in [1.807, 2.05) is 48.5 Å². The molecule has 0 saturated carbocycles. The van der Waals surface area contributed by atoms with Crippen molar-refractivity contribution in [3.8, 4) is 17.2 Å². The molecule has 5 rings (SSSR count). The first-order valence-electron chi connectivity index (χ1n) is 9.93. The maximum Gasteiger partial charge on any atom is 0.267 e. The van der Waals surface area contributed by atoms with Gasteiger partial charge in [-0.05, 0) is 47.7 Å². The molecule has 3 aromatic rings. The molecule has 8 heteroatoms. The highest BCUT2D eigenvalue weighted by Gasteiger charge is 2.34. The average molecular weight is 446 g/mol. The molecule has 0 spiro atoms. The quantitative estimate of drug-likeness (QED) is 0.534. The van der Waals surface area contributed by atoms with E-state index in [0.717, 1.165) is 16.8 Å². The lowest BCUT2D eigenvalue weighted by Gasteiger charge is -2.15. The lowest BCUT2D eigenvalue weighted by Crippen LogP contribution is -2.28. The maximum absolute atomic E-state index is 13.4. The monoisotopic (exact) mass is 445 g/mol. The van der Waals surface area contributed by atoms with Gasteiger partial charge < -0.3 is 14.2 Å². The maximum atomic E-state index is 13.4. The van der Waals surface area contributed by atoms with E-state index >= 15 is 0 Å². The fraction of sp³-hybridized carbons (Fsp3) is 0.125. The van der Waals surface area contributed by atoms with Crippen molar-refractivity contribution in [2.24, 2.45) is 4.99 Å². The van der Waals surface area contributed by atoms with E-state index in [4.69, 9.17) is 19.2 Å². The zero-order chi connectivity index (χ0) is 21.9. The summed E-state index contributed by atoms with van der Waals surface area (Å²) in [7, 11) is 1.58. The van der Waals surface area contributed by atoms with Crippen LogP contribution in [0.1, 0.15) is 11.1 Å². The van der Waals surface area contributed by atoms with Gasteiger partial charge in [0.05, 0.1) is 24.2 Å². The summed E-state index contributed by atoms with van der Waals surface area (Å²) in [4.78, 5) is 24.5. The van der Waals surface area contributed by atoms with E-state index < -0.39 is 0 Å². The van der Waals surface area contributed by atoms with Gasteiger partial charge in [0.1, 0.15) is 5.75 Å². The summed E-state index contributed by atoms with van der Waals surface area (Å²) >= 11 is 1.33. The minimum atomic E-state index is -0.131. The normalized spacial score (nSPS) is 17.4. The fourth-order valence-corrected chi connectivity index (χ4v) is 4.38. The third-order valence-electron chi connectivity index (χ3n) is 4.94. The minimum absolute atomic E-state index is 0.131. The number of amidine groups is 1. The number of ether oxygens (including phenoxy) is 3. The molecule has 3 heterocycles. The third kappa shape index (κ3) is 4.04. The number of carbonyl (C=O) groups excluding carboxylic acids is 1. The van der Waals surface area contributed by atoms with Gasteiger partial charge in [0, 0.05) is 24.0 Å². The average Bonchev–Trinajstić information content (AvgIpc) is 3.39. The molecule has 160 valence electrons. The molecule has 1 fully saturated rings. The summed E-state index contributed by atoms with van der Waals surface area (Å²) in [6, 6.07) is 17.0. The number of rotatable bonds is 5.